The molecule has 0 aromatic heterocycles. The molecular weight excluding hydrogens is 230 g/mol. The lowest BCUT2D eigenvalue weighted by molar-refractivity contribution is -0.134. The highest BCUT2D eigenvalue weighted by Crippen LogP contribution is 2.25. The molecule has 0 radical (unpaired) electrons. The van der Waals surface area contributed by atoms with E-state index in [1.165, 1.54) is 0 Å². The summed E-state index contributed by atoms with van der Waals surface area (Å²) < 4.78 is 5.09. The second-order valence-corrected chi connectivity index (χ2v) is 5.70. The Kier molecular flexibility index (Phi) is 5.12. The standard InChI is InChI=1S/C13H23N3O2/c1-13(2)9-15(3)12(17)11(5-6-14)16(10-13)7-8-18-4/h11H,5,7-10H2,1-4H3. The number of ether oxygens (including phenoxy) is 1. The van der Waals surface area contributed by atoms with Crippen LogP contribution in [-0.2, 0) is 9.53 Å². The van der Waals surface area contributed by atoms with E-state index < -0.39 is 0 Å². The topological polar surface area (TPSA) is 56.6 Å². The van der Waals surface area contributed by atoms with Gasteiger partial charge in [0.05, 0.1) is 19.1 Å². The highest BCUT2D eigenvalue weighted by atomic mass is 16.5. The minimum absolute atomic E-state index is 0.0301. The van der Waals surface area contributed by atoms with Gasteiger partial charge in [0.1, 0.15) is 6.04 Å². The summed E-state index contributed by atoms with van der Waals surface area (Å²) in [7, 11) is 3.46. The van der Waals surface area contributed by atoms with Crippen LogP contribution in [-0.4, -0.2) is 62.1 Å². The highest BCUT2D eigenvalue weighted by molar-refractivity contribution is 5.82. The van der Waals surface area contributed by atoms with Gasteiger partial charge in [-0.05, 0) is 5.41 Å². The molecule has 5 nitrogen and oxygen atoms in total. The minimum Gasteiger partial charge on any atom is -0.383 e. The predicted octanol–water partition coefficient (Wildman–Crippen LogP) is 0.715. The molecular formula is C13H23N3O2. The average Bonchev–Trinajstić information content (AvgIpc) is 2.36. The zero-order valence-electron chi connectivity index (χ0n) is 11.8. The van der Waals surface area contributed by atoms with Crippen LogP contribution in [0.1, 0.15) is 20.3 Å². The molecule has 0 aliphatic carbocycles. The molecule has 0 saturated carbocycles. The van der Waals surface area contributed by atoms with Crippen LogP contribution in [0.15, 0.2) is 0 Å². The van der Waals surface area contributed by atoms with Gasteiger partial charge in [-0.15, -0.1) is 0 Å². The highest BCUT2D eigenvalue weighted by Gasteiger charge is 2.37. The van der Waals surface area contributed by atoms with Gasteiger partial charge in [0.15, 0.2) is 0 Å². The van der Waals surface area contributed by atoms with Crippen molar-refractivity contribution in [2.75, 3.05) is 40.4 Å². The molecule has 1 aliphatic rings. The molecule has 1 fully saturated rings. The first-order valence-corrected chi connectivity index (χ1v) is 6.26. The number of amides is 1. The first-order chi connectivity index (χ1) is 8.41. The molecule has 0 bridgehead atoms. The molecule has 0 spiro atoms. The number of carbonyl (C=O) groups excluding carboxylic acids is 1. The number of methoxy groups -OCH3 is 1. The summed E-state index contributed by atoms with van der Waals surface area (Å²) >= 11 is 0. The van der Waals surface area contributed by atoms with Gasteiger partial charge in [-0.1, -0.05) is 13.8 Å². The van der Waals surface area contributed by atoms with Crippen LogP contribution in [0.25, 0.3) is 0 Å². The average molecular weight is 253 g/mol. The summed E-state index contributed by atoms with van der Waals surface area (Å²) in [6.45, 7) is 7.08. The van der Waals surface area contributed by atoms with Gasteiger partial charge in [0, 0.05) is 33.8 Å². The van der Waals surface area contributed by atoms with Crippen LogP contribution in [0, 0.1) is 16.7 Å². The molecule has 102 valence electrons. The number of nitrogens with zero attached hydrogens (tertiary/aromatic N) is 3. The fourth-order valence-electron chi connectivity index (χ4n) is 2.59. The molecule has 1 amide bonds. The van der Waals surface area contributed by atoms with E-state index in [2.05, 4.69) is 24.8 Å². The van der Waals surface area contributed by atoms with E-state index in [1.54, 1.807) is 12.0 Å². The normalized spacial score (nSPS) is 24.7. The SMILES string of the molecule is COCCN1CC(C)(C)CN(C)C(=O)C1CC#N. The summed E-state index contributed by atoms with van der Waals surface area (Å²) in [6.07, 6.45) is 0.239. The van der Waals surface area contributed by atoms with Gasteiger partial charge in [-0.2, -0.15) is 5.26 Å². The maximum absolute atomic E-state index is 12.3. The Bertz CT molecular complexity index is 336. The van der Waals surface area contributed by atoms with Crippen LogP contribution < -0.4 is 0 Å². The third-order valence-electron chi connectivity index (χ3n) is 3.27. The molecule has 1 rings (SSSR count). The predicted molar refractivity (Wildman–Crippen MR) is 68.9 cm³/mol. The van der Waals surface area contributed by atoms with Crippen molar-refractivity contribution in [1.82, 2.24) is 9.80 Å². The number of hydrogen-bond acceptors (Lipinski definition) is 4. The second kappa shape index (κ2) is 6.17. The maximum Gasteiger partial charge on any atom is 0.240 e. The number of likely N-dealkylation sites (N-methyl/N-ethyl adjacent to an activating group) is 1. The smallest absolute Gasteiger partial charge is 0.240 e. The molecule has 1 atom stereocenters. The quantitative estimate of drug-likeness (QED) is 0.740. The van der Waals surface area contributed by atoms with Crippen LogP contribution in [0.5, 0.6) is 0 Å². The molecule has 1 heterocycles. The Morgan fingerprint density at radius 3 is 2.72 bits per heavy atom. The van der Waals surface area contributed by atoms with Gasteiger partial charge in [-0.3, -0.25) is 9.69 Å². The first-order valence-electron chi connectivity index (χ1n) is 6.26. The lowest BCUT2D eigenvalue weighted by Crippen LogP contribution is -2.46. The minimum atomic E-state index is -0.336. The number of hydrogen-bond donors (Lipinski definition) is 0. The molecule has 1 aliphatic heterocycles. The molecule has 1 saturated heterocycles. The van der Waals surface area contributed by atoms with Crippen LogP contribution in [0.4, 0.5) is 0 Å². The van der Waals surface area contributed by atoms with E-state index in [1.807, 2.05) is 7.05 Å². The number of carbonyl (C=O) groups is 1. The van der Waals surface area contributed by atoms with Crippen LogP contribution in [0.3, 0.4) is 0 Å². The lowest BCUT2D eigenvalue weighted by atomic mass is 9.92. The summed E-state index contributed by atoms with van der Waals surface area (Å²) in [4.78, 5) is 16.1. The molecule has 0 N–H and O–H groups in total. The summed E-state index contributed by atoms with van der Waals surface area (Å²) in [5, 5.41) is 8.91. The van der Waals surface area contributed by atoms with Crippen molar-refractivity contribution in [2.24, 2.45) is 5.41 Å². The Balaban J connectivity index is 2.92. The monoisotopic (exact) mass is 253 g/mol. The van der Waals surface area contributed by atoms with E-state index >= 15 is 0 Å². The third-order valence-corrected chi connectivity index (χ3v) is 3.27. The van der Waals surface area contributed by atoms with Crippen molar-refractivity contribution in [2.45, 2.75) is 26.3 Å². The Morgan fingerprint density at radius 2 is 2.17 bits per heavy atom. The van der Waals surface area contributed by atoms with Crippen LogP contribution >= 0.6 is 0 Å². The summed E-state index contributed by atoms with van der Waals surface area (Å²) in [5.74, 6) is 0.0400. The largest absolute Gasteiger partial charge is 0.383 e. The van der Waals surface area contributed by atoms with Crippen molar-refractivity contribution >= 4 is 5.91 Å². The van der Waals surface area contributed by atoms with Gasteiger partial charge in [0.2, 0.25) is 5.91 Å². The van der Waals surface area contributed by atoms with Crippen molar-refractivity contribution < 1.29 is 9.53 Å². The van der Waals surface area contributed by atoms with Gasteiger partial charge in [0.25, 0.3) is 0 Å². The van der Waals surface area contributed by atoms with E-state index in [0.29, 0.717) is 13.2 Å². The van der Waals surface area contributed by atoms with E-state index in [0.717, 1.165) is 13.1 Å². The fourth-order valence-corrected chi connectivity index (χ4v) is 2.59. The van der Waals surface area contributed by atoms with E-state index in [-0.39, 0.29) is 23.8 Å². The van der Waals surface area contributed by atoms with Crippen molar-refractivity contribution in [3.8, 4) is 6.07 Å². The van der Waals surface area contributed by atoms with Gasteiger partial charge < -0.3 is 9.64 Å². The maximum atomic E-state index is 12.3. The Morgan fingerprint density at radius 1 is 1.50 bits per heavy atom. The molecule has 1 unspecified atom stereocenters. The Hall–Kier alpha value is -1.12. The molecule has 0 aromatic rings. The third kappa shape index (κ3) is 3.69. The summed E-state index contributed by atoms with van der Waals surface area (Å²) in [5.41, 5.74) is 0.0301. The van der Waals surface area contributed by atoms with Gasteiger partial charge in [-0.25, -0.2) is 0 Å². The van der Waals surface area contributed by atoms with Crippen molar-refractivity contribution in [3.05, 3.63) is 0 Å². The Labute approximate surface area is 109 Å². The van der Waals surface area contributed by atoms with E-state index in [9.17, 15) is 4.79 Å². The second-order valence-electron chi connectivity index (χ2n) is 5.70. The van der Waals surface area contributed by atoms with E-state index in [4.69, 9.17) is 10.00 Å². The lowest BCUT2D eigenvalue weighted by Gasteiger charge is -2.31. The fraction of sp³-hybridized carbons (Fsp3) is 0.846. The summed E-state index contributed by atoms with van der Waals surface area (Å²) in [6, 6.07) is 1.78. The van der Waals surface area contributed by atoms with Crippen molar-refractivity contribution in [3.63, 3.8) is 0 Å². The number of rotatable bonds is 4. The molecule has 18 heavy (non-hydrogen) atoms. The zero-order valence-corrected chi connectivity index (χ0v) is 11.8. The molecule has 0 aromatic carbocycles. The number of nitriles is 1. The van der Waals surface area contributed by atoms with Gasteiger partial charge >= 0.3 is 0 Å². The van der Waals surface area contributed by atoms with Crippen molar-refractivity contribution in [1.29, 1.82) is 5.26 Å². The first kappa shape index (κ1) is 14.9. The zero-order chi connectivity index (χ0) is 13.8. The molecule has 5 heteroatoms. The van der Waals surface area contributed by atoms with Crippen LogP contribution in [0.2, 0.25) is 0 Å².